The number of benzene rings is 1. The Morgan fingerprint density at radius 2 is 2.03 bits per heavy atom. The molecule has 1 aliphatic rings. The number of ether oxygens (including phenoxy) is 3. The monoisotopic (exact) mass is 457 g/mol. The number of methoxy groups -OCH3 is 1. The molecule has 1 aromatic heterocycles. The Balaban J connectivity index is 0.00000225. The largest absolute Gasteiger partial charge is 0.493 e. The van der Waals surface area contributed by atoms with E-state index in [0.29, 0.717) is 37.7 Å². The average molecular weight is 458 g/mol. The molecule has 0 bridgehead atoms. The van der Waals surface area contributed by atoms with Crippen LogP contribution in [-0.4, -0.2) is 43.8 Å². The molecule has 2 unspecified atom stereocenters. The van der Waals surface area contributed by atoms with Gasteiger partial charge in [-0.05, 0) is 42.3 Å². The Morgan fingerprint density at radius 3 is 2.70 bits per heavy atom. The van der Waals surface area contributed by atoms with Gasteiger partial charge in [-0.2, -0.15) is 0 Å². The van der Waals surface area contributed by atoms with Gasteiger partial charge in [0.1, 0.15) is 6.61 Å². The highest BCUT2D eigenvalue weighted by Crippen LogP contribution is 2.31. The first kappa shape index (κ1) is 26.0. The molecule has 2 aromatic rings. The number of carbonyl (C=O) groups is 1. The Morgan fingerprint density at radius 1 is 1.27 bits per heavy atom. The molecule has 2 atom stereocenters. The van der Waals surface area contributed by atoms with Crippen LogP contribution in [0.5, 0.6) is 11.5 Å². The number of nitrogens with zero attached hydrogens (tertiary/aromatic N) is 1. The quantitative estimate of drug-likeness (QED) is 0.633. The summed E-state index contributed by atoms with van der Waals surface area (Å²) in [5.41, 5.74) is 1.98. The number of hydrogen-bond acceptors (Lipinski definition) is 6. The molecule has 1 aliphatic heterocycles. The van der Waals surface area contributed by atoms with E-state index in [0.717, 1.165) is 17.7 Å². The lowest BCUT2D eigenvalue weighted by molar-refractivity contribution is -0.122. The summed E-state index contributed by atoms with van der Waals surface area (Å²) >= 11 is 0. The number of aromatic nitrogens is 1. The molecular weight excluding hydrogens is 429 g/mol. The third-order valence-corrected chi connectivity index (χ3v) is 4.64. The van der Waals surface area contributed by atoms with Gasteiger partial charge in [-0.1, -0.05) is 6.07 Å². The zero-order valence-electron chi connectivity index (χ0n) is 17.1. The SMILES string of the molecule is COc1cc(C(C)NC(=O)CC2COCCN2)ccc1OCc1ccncc1.Cl.Cl. The molecule has 2 N–H and O–H groups in total. The standard InChI is InChI=1S/C21H27N3O4.2ClH/c1-15(24-21(25)12-18-14-27-10-9-23-18)17-3-4-19(20(11-17)26-2)28-13-16-5-7-22-8-6-16;;/h3-8,11,15,18,23H,9-10,12-14H2,1-2H3,(H,24,25);2*1H. The third-order valence-electron chi connectivity index (χ3n) is 4.64. The number of nitrogens with one attached hydrogen (secondary N) is 2. The molecule has 1 saturated heterocycles. The van der Waals surface area contributed by atoms with Crippen LogP contribution in [-0.2, 0) is 16.1 Å². The minimum absolute atomic E-state index is 0. The van der Waals surface area contributed by atoms with Crippen LogP contribution < -0.4 is 20.1 Å². The van der Waals surface area contributed by atoms with Crippen LogP contribution in [0, 0.1) is 0 Å². The first-order valence-corrected chi connectivity index (χ1v) is 9.46. The molecule has 1 fully saturated rings. The van der Waals surface area contributed by atoms with E-state index in [9.17, 15) is 4.79 Å². The predicted octanol–water partition coefficient (Wildman–Crippen LogP) is 3.07. The highest BCUT2D eigenvalue weighted by molar-refractivity contribution is 5.85. The van der Waals surface area contributed by atoms with Crippen molar-refractivity contribution in [2.24, 2.45) is 0 Å². The van der Waals surface area contributed by atoms with Crippen molar-refractivity contribution in [3.05, 3.63) is 53.9 Å². The van der Waals surface area contributed by atoms with E-state index >= 15 is 0 Å². The molecule has 9 heteroatoms. The molecule has 0 aliphatic carbocycles. The van der Waals surface area contributed by atoms with Crippen LogP contribution in [0.15, 0.2) is 42.7 Å². The first-order chi connectivity index (χ1) is 13.7. The van der Waals surface area contributed by atoms with Gasteiger partial charge in [-0.25, -0.2) is 0 Å². The van der Waals surface area contributed by atoms with Crippen LogP contribution >= 0.6 is 24.8 Å². The van der Waals surface area contributed by atoms with Crippen molar-refractivity contribution in [3.63, 3.8) is 0 Å². The zero-order chi connectivity index (χ0) is 19.8. The van der Waals surface area contributed by atoms with E-state index in [2.05, 4.69) is 15.6 Å². The van der Waals surface area contributed by atoms with E-state index in [1.54, 1.807) is 19.5 Å². The molecule has 7 nitrogen and oxygen atoms in total. The van der Waals surface area contributed by atoms with E-state index in [1.165, 1.54) is 0 Å². The summed E-state index contributed by atoms with van der Waals surface area (Å²) in [6, 6.07) is 9.45. The molecule has 30 heavy (non-hydrogen) atoms. The fraction of sp³-hybridized carbons (Fsp3) is 0.429. The summed E-state index contributed by atoms with van der Waals surface area (Å²) in [5, 5.41) is 6.32. The number of rotatable bonds is 8. The Bertz CT molecular complexity index is 774. The van der Waals surface area contributed by atoms with E-state index in [-0.39, 0.29) is 42.8 Å². The van der Waals surface area contributed by atoms with Crippen LogP contribution in [0.25, 0.3) is 0 Å². The van der Waals surface area contributed by atoms with Crippen molar-refractivity contribution in [3.8, 4) is 11.5 Å². The average Bonchev–Trinajstić information content (AvgIpc) is 2.73. The van der Waals surface area contributed by atoms with Gasteiger partial charge in [0.05, 0.1) is 26.4 Å². The molecule has 0 spiro atoms. The maximum atomic E-state index is 12.3. The first-order valence-electron chi connectivity index (χ1n) is 9.46. The highest BCUT2D eigenvalue weighted by atomic mass is 35.5. The van der Waals surface area contributed by atoms with Crippen LogP contribution in [0.1, 0.15) is 30.5 Å². The topological polar surface area (TPSA) is 81.7 Å². The number of morpholine rings is 1. The summed E-state index contributed by atoms with van der Waals surface area (Å²) in [6.45, 7) is 4.44. The van der Waals surface area contributed by atoms with E-state index < -0.39 is 0 Å². The number of halogens is 2. The molecule has 3 rings (SSSR count). The summed E-state index contributed by atoms with van der Waals surface area (Å²) < 4.78 is 16.7. The molecule has 1 aromatic carbocycles. The van der Waals surface area contributed by atoms with E-state index in [1.807, 2.05) is 37.3 Å². The maximum absolute atomic E-state index is 12.3. The second-order valence-corrected chi connectivity index (χ2v) is 6.77. The summed E-state index contributed by atoms with van der Waals surface area (Å²) in [4.78, 5) is 16.3. The van der Waals surface area contributed by atoms with Crippen LogP contribution in [0.4, 0.5) is 0 Å². The van der Waals surface area contributed by atoms with Gasteiger partial charge in [0.25, 0.3) is 0 Å². The summed E-state index contributed by atoms with van der Waals surface area (Å²) in [6.07, 6.45) is 3.87. The predicted molar refractivity (Wildman–Crippen MR) is 120 cm³/mol. The number of hydrogen-bond donors (Lipinski definition) is 2. The van der Waals surface area contributed by atoms with Gasteiger partial charge in [0.2, 0.25) is 5.91 Å². The van der Waals surface area contributed by atoms with Gasteiger partial charge >= 0.3 is 0 Å². The molecule has 0 saturated carbocycles. The normalized spacial score (nSPS) is 16.4. The van der Waals surface area contributed by atoms with Gasteiger partial charge in [0, 0.05) is 31.4 Å². The third kappa shape index (κ3) is 7.65. The van der Waals surface area contributed by atoms with Crippen molar-refractivity contribution in [2.45, 2.75) is 32.0 Å². The second kappa shape index (κ2) is 13.3. The minimum atomic E-state index is -0.139. The van der Waals surface area contributed by atoms with E-state index in [4.69, 9.17) is 14.2 Å². The van der Waals surface area contributed by atoms with Crippen molar-refractivity contribution in [1.29, 1.82) is 0 Å². The van der Waals surface area contributed by atoms with Crippen molar-refractivity contribution in [1.82, 2.24) is 15.6 Å². The molecule has 1 amide bonds. The van der Waals surface area contributed by atoms with Crippen molar-refractivity contribution >= 4 is 30.7 Å². The van der Waals surface area contributed by atoms with Gasteiger partial charge < -0.3 is 24.8 Å². The lowest BCUT2D eigenvalue weighted by Crippen LogP contribution is -2.44. The number of pyridine rings is 1. The number of amides is 1. The minimum Gasteiger partial charge on any atom is -0.493 e. The summed E-state index contributed by atoms with van der Waals surface area (Å²) in [5.74, 6) is 1.28. The van der Waals surface area contributed by atoms with Crippen LogP contribution in [0.2, 0.25) is 0 Å². The molecule has 166 valence electrons. The fourth-order valence-corrected chi connectivity index (χ4v) is 3.07. The maximum Gasteiger partial charge on any atom is 0.222 e. The number of carbonyl (C=O) groups excluding carboxylic acids is 1. The Hall–Kier alpha value is -2.06. The van der Waals surface area contributed by atoms with Crippen molar-refractivity contribution in [2.75, 3.05) is 26.9 Å². The lowest BCUT2D eigenvalue weighted by Gasteiger charge is -2.24. The zero-order valence-corrected chi connectivity index (χ0v) is 18.8. The van der Waals surface area contributed by atoms with Gasteiger partial charge in [0.15, 0.2) is 11.5 Å². The van der Waals surface area contributed by atoms with Gasteiger partial charge in [-0.15, -0.1) is 24.8 Å². The second-order valence-electron chi connectivity index (χ2n) is 6.77. The summed E-state index contributed by atoms with van der Waals surface area (Å²) in [7, 11) is 1.61. The fourth-order valence-electron chi connectivity index (χ4n) is 3.07. The smallest absolute Gasteiger partial charge is 0.222 e. The van der Waals surface area contributed by atoms with Crippen molar-refractivity contribution < 1.29 is 19.0 Å². The molecule has 0 radical (unpaired) electrons. The van der Waals surface area contributed by atoms with Crippen LogP contribution in [0.3, 0.4) is 0 Å². The Kier molecular flexibility index (Phi) is 11.5. The highest BCUT2D eigenvalue weighted by Gasteiger charge is 2.19. The molecular formula is C21H29Cl2N3O4. The van der Waals surface area contributed by atoms with Gasteiger partial charge in [-0.3, -0.25) is 9.78 Å². The Labute approximate surface area is 189 Å². The molecule has 2 heterocycles. The lowest BCUT2D eigenvalue weighted by atomic mass is 10.1.